The van der Waals surface area contributed by atoms with Crippen molar-refractivity contribution in [2.24, 2.45) is 7.05 Å². The van der Waals surface area contributed by atoms with Crippen LogP contribution in [0.15, 0.2) is 6.33 Å². The molecular weight excluding hydrogens is 300 g/mol. The Balaban J connectivity index is 1.89. The van der Waals surface area contributed by atoms with E-state index in [1.54, 1.807) is 28.0 Å². The number of thiazole rings is 1. The average Bonchev–Trinajstić information content (AvgIpc) is 3.02. The Bertz CT molecular complexity index is 650. The Morgan fingerprint density at radius 3 is 2.77 bits per heavy atom. The lowest BCUT2D eigenvalue weighted by atomic mass is 10.2. The molecule has 0 fully saturated rings. The maximum atomic E-state index is 12.2. The molecule has 0 aliphatic carbocycles. The number of hydrogen-bond donors (Lipinski definition) is 1. The molecular formula is C14H22N6OS. The van der Waals surface area contributed by atoms with Crippen LogP contribution in [0.5, 0.6) is 0 Å². The molecule has 0 bridgehead atoms. The second kappa shape index (κ2) is 6.87. The van der Waals surface area contributed by atoms with Crippen LogP contribution < -0.4 is 5.32 Å². The maximum Gasteiger partial charge on any atom is 0.317 e. The fourth-order valence-corrected chi connectivity index (χ4v) is 3.15. The van der Waals surface area contributed by atoms with Crippen LogP contribution >= 0.6 is 11.3 Å². The first-order valence-corrected chi connectivity index (χ1v) is 7.99. The van der Waals surface area contributed by atoms with Crippen molar-refractivity contribution >= 4 is 17.4 Å². The molecule has 120 valence electrons. The molecule has 0 saturated carbocycles. The highest BCUT2D eigenvalue weighted by Gasteiger charge is 2.21. The normalized spacial score (nSPS) is 12.2. The molecule has 0 aliphatic heterocycles. The van der Waals surface area contributed by atoms with Crippen molar-refractivity contribution in [3.05, 3.63) is 27.7 Å². The van der Waals surface area contributed by atoms with Gasteiger partial charge in [0.05, 0.1) is 16.7 Å². The van der Waals surface area contributed by atoms with E-state index in [1.807, 2.05) is 27.8 Å². The van der Waals surface area contributed by atoms with Crippen molar-refractivity contribution in [3.63, 3.8) is 0 Å². The summed E-state index contributed by atoms with van der Waals surface area (Å²) in [5.41, 5.74) is 0.966. The third-order valence-electron chi connectivity index (χ3n) is 3.67. The van der Waals surface area contributed by atoms with E-state index in [-0.39, 0.29) is 12.1 Å². The molecule has 22 heavy (non-hydrogen) atoms. The highest BCUT2D eigenvalue weighted by Crippen LogP contribution is 2.25. The monoisotopic (exact) mass is 322 g/mol. The summed E-state index contributed by atoms with van der Waals surface area (Å²) in [6.07, 6.45) is 2.16. The zero-order valence-electron chi connectivity index (χ0n) is 13.6. The molecule has 2 aromatic rings. The van der Waals surface area contributed by atoms with E-state index < -0.39 is 0 Å². The number of nitrogens with zero attached hydrogens (tertiary/aromatic N) is 5. The van der Waals surface area contributed by atoms with Gasteiger partial charge in [0.1, 0.15) is 12.2 Å². The summed E-state index contributed by atoms with van der Waals surface area (Å²) in [5.74, 6) is 0.849. The SMILES string of the molecule is Cc1nc([C@@H](C)N(C)C(=O)NCCc2ncnn2C)c(C)s1. The van der Waals surface area contributed by atoms with Crippen LogP contribution in [-0.2, 0) is 13.5 Å². The number of rotatable bonds is 5. The summed E-state index contributed by atoms with van der Waals surface area (Å²) in [6, 6.07) is -0.167. The molecule has 0 aromatic carbocycles. The Morgan fingerprint density at radius 1 is 1.50 bits per heavy atom. The largest absolute Gasteiger partial charge is 0.338 e. The quantitative estimate of drug-likeness (QED) is 0.911. The van der Waals surface area contributed by atoms with Gasteiger partial charge in [0.25, 0.3) is 0 Å². The third-order valence-corrected chi connectivity index (χ3v) is 4.57. The van der Waals surface area contributed by atoms with Crippen LogP contribution in [0.4, 0.5) is 4.79 Å². The van der Waals surface area contributed by atoms with Crippen LogP contribution in [0.2, 0.25) is 0 Å². The van der Waals surface area contributed by atoms with Crippen LogP contribution in [0.1, 0.15) is 34.4 Å². The maximum absolute atomic E-state index is 12.2. The number of hydrogen-bond acceptors (Lipinski definition) is 5. The van der Waals surface area contributed by atoms with E-state index in [9.17, 15) is 4.79 Å². The number of carbonyl (C=O) groups is 1. The lowest BCUT2D eigenvalue weighted by Crippen LogP contribution is -2.40. The molecule has 0 spiro atoms. The Hall–Kier alpha value is -1.96. The van der Waals surface area contributed by atoms with Gasteiger partial charge in [0.2, 0.25) is 0 Å². The highest BCUT2D eigenvalue weighted by atomic mass is 32.1. The molecule has 0 saturated heterocycles. The van der Waals surface area contributed by atoms with Crippen molar-refractivity contribution in [1.82, 2.24) is 30.0 Å². The first-order valence-electron chi connectivity index (χ1n) is 7.17. The number of aromatic nitrogens is 4. The zero-order chi connectivity index (χ0) is 16.3. The fraction of sp³-hybridized carbons (Fsp3) is 0.571. The van der Waals surface area contributed by atoms with Gasteiger partial charge in [-0.25, -0.2) is 14.8 Å². The molecule has 7 nitrogen and oxygen atoms in total. The van der Waals surface area contributed by atoms with E-state index in [0.29, 0.717) is 13.0 Å². The van der Waals surface area contributed by atoms with Gasteiger partial charge in [-0.3, -0.25) is 4.68 Å². The number of amides is 2. The minimum Gasteiger partial charge on any atom is -0.338 e. The molecule has 2 rings (SSSR count). The lowest BCUT2D eigenvalue weighted by Gasteiger charge is -2.24. The van der Waals surface area contributed by atoms with E-state index in [0.717, 1.165) is 21.4 Å². The van der Waals surface area contributed by atoms with Crippen molar-refractivity contribution in [3.8, 4) is 0 Å². The summed E-state index contributed by atoms with van der Waals surface area (Å²) in [7, 11) is 3.63. The van der Waals surface area contributed by atoms with Crippen LogP contribution in [0.25, 0.3) is 0 Å². The molecule has 0 unspecified atom stereocenters. The second-order valence-electron chi connectivity index (χ2n) is 5.24. The third kappa shape index (κ3) is 3.62. The summed E-state index contributed by atoms with van der Waals surface area (Å²) in [4.78, 5) is 23.7. The lowest BCUT2D eigenvalue weighted by molar-refractivity contribution is 0.193. The zero-order valence-corrected chi connectivity index (χ0v) is 14.4. The number of urea groups is 1. The van der Waals surface area contributed by atoms with Crippen LogP contribution in [0.3, 0.4) is 0 Å². The van der Waals surface area contributed by atoms with E-state index in [4.69, 9.17) is 0 Å². The predicted molar refractivity (Wildman–Crippen MR) is 85.9 cm³/mol. The van der Waals surface area contributed by atoms with Gasteiger partial charge in [-0.05, 0) is 20.8 Å². The van der Waals surface area contributed by atoms with E-state index >= 15 is 0 Å². The Labute approximate surface area is 134 Å². The summed E-state index contributed by atoms with van der Waals surface area (Å²) in [6.45, 7) is 6.53. The molecule has 1 N–H and O–H groups in total. The number of nitrogens with one attached hydrogen (secondary N) is 1. The predicted octanol–water partition coefficient (Wildman–Crippen LogP) is 1.83. The van der Waals surface area contributed by atoms with E-state index in [2.05, 4.69) is 20.4 Å². The molecule has 0 radical (unpaired) electrons. The fourth-order valence-electron chi connectivity index (χ4n) is 2.24. The van der Waals surface area contributed by atoms with Crippen LogP contribution in [-0.4, -0.2) is 44.3 Å². The molecule has 2 amide bonds. The minimum absolute atomic E-state index is 0.0558. The smallest absolute Gasteiger partial charge is 0.317 e. The summed E-state index contributed by atoms with van der Waals surface area (Å²) in [5, 5.41) is 7.93. The number of aryl methyl sites for hydroxylation is 3. The number of carbonyl (C=O) groups excluding carboxylic acids is 1. The van der Waals surface area contributed by atoms with E-state index in [1.165, 1.54) is 6.33 Å². The van der Waals surface area contributed by atoms with Gasteiger partial charge in [0.15, 0.2) is 0 Å². The summed E-state index contributed by atoms with van der Waals surface area (Å²) < 4.78 is 1.71. The van der Waals surface area contributed by atoms with Gasteiger partial charge in [-0.2, -0.15) is 5.10 Å². The first-order chi connectivity index (χ1) is 10.4. The van der Waals surface area contributed by atoms with Gasteiger partial charge >= 0.3 is 6.03 Å². The Kier molecular flexibility index (Phi) is 5.12. The molecule has 2 heterocycles. The molecule has 1 atom stereocenters. The average molecular weight is 322 g/mol. The van der Waals surface area contributed by atoms with Gasteiger partial charge in [0, 0.05) is 31.9 Å². The molecule has 0 aliphatic rings. The second-order valence-corrected chi connectivity index (χ2v) is 6.65. The van der Waals surface area contributed by atoms with Crippen molar-refractivity contribution in [2.75, 3.05) is 13.6 Å². The van der Waals surface area contributed by atoms with Gasteiger partial charge in [-0.1, -0.05) is 0 Å². The van der Waals surface area contributed by atoms with Gasteiger partial charge in [-0.15, -0.1) is 11.3 Å². The van der Waals surface area contributed by atoms with Crippen LogP contribution in [0, 0.1) is 13.8 Å². The standard InChI is InChI=1S/C14H22N6OS/c1-9(13-10(2)22-11(3)18-13)19(4)14(21)15-7-6-12-16-8-17-20(12)5/h8-9H,6-7H2,1-5H3,(H,15,21)/t9-/m1/s1. The first kappa shape index (κ1) is 16.4. The molecule has 2 aromatic heterocycles. The Morgan fingerprint density at radius 2 is 2.23 bits per heavy atom. The molecule has 8 heteroatoms. The highest BCUT2D eigenvalue weighted by molar-refractivity contribution is 7.11. The topological polar surface area (TPSA) is 75.9 Å². The van der Waals surface area contributed by atoms with Crippen molar-refractivity contribution in [2.45, 2.75) is 33.2 Å². The van der Waals surface area contributed by atoms with Gasteiger partial charge < -0.3 is 10.2 Å². The van der Waals surface area contributed by atoms with Crippen molar-refractivity contribution in [1.29, 1.82) is 0 Å². The minimum atomic E-state index is -0.111. The summed E-state index contributed by atoms with van der Waals surface area (Å²) >= 11 is 1.66. The van der Waals surface area contributed by atoms with Crippen molar-refractivity contribution < 1.29 is 4.79 Å².